The van der Waals surface area contributed by atoms with Crippen LogP contribution in [0.5, 0.6) is 0 Å². The van der Waals surface area contributed by atoms with Gasteiger partial charge in [0, 0.05) is 27.9 Å². The third kappa shape index (κ3) is 3.94. The van der Waals surface area contributed by atoms with E-state index in [1.807, 2.05) is 0 Å². The normalized spacial score (nSPS) is 13.6. The Morgan fingerprint density at radius 3 is 1.66 bits per heavy atom. The van der Waals surface area contributed by atoms with Gasteiger partial charge in [-0.3, -0.25) is 0 Å². The predicted octanol–water partition coefficient (Wildman–Crippen LogP) is 10.3. The van der Waals surface area contributed by atoms with Gasteiger partial charge in [0.2, 0.25) is 0 Å². The molecule has 188 valence electrons. The summed E-state index contributed by atoms with van der Waals surface area (Å²) in [5, 5.41) is 0. The molecule has 0 aromatic heterocycles. The van der Waals surface area contributed by atoms with Crippen molar-refractivity contribution in [1.29, 1.82) is 0 Å². The Bertz CT molecular complexity index is 1600. The lowest BCUT2D eigenvalue weighted by Gasteiger charge is -2.39. The average Bonchev–Trinajstić information content (AvgIpc) is 3.16. The molecule has 0 heterocycles. The zero-order valence-electron chi connectivity index (χ0n) is 23.0. The summed E-state index contributed by atoms with van der Waals surface area (Å²) in [7, 11) is 0. The fourth-order valence-corrected chi connectivity index (χ4v) is 6.20. The summed E-state index contributed by atoms with van der Waals surface area (Å²) in [6.45, 7) is 11.6. The Balaban J connectivity index is 1.47. The first-order valence-corrected chi connectivity index (χ1v) is 13.6. The maximum absolute atomic E-state index is 2.51. The van der Waals surface area contributed by atoms with Gasteiger partial charge >= 0.3 is 0 Å². The van der Waals surface area contributed by atoms with Crippen molar-refractivity contribution in [2.75, 3.05) is 4.90 Å². The van der Waals surface area contributed by atoms with Crippen LogP contribution in [0.4, 0.5) is 11.4 Å². The molecule has 0 radical (unpaired) electrons. The minimum Gasteiger partial charge on any atom is -0.336 e. The van der Waals surface area contributed by atoms with E-state index in [9.17, 15) is 0 Å². The Hall–Kier alpha value is -4.10. The molecule has 0 saturated heterocycles. The monoisotopic (exact) mass is 493 g/mol. The largest absolute Gasteiger partial charge is 0.336 e. The van der Waals surface area contributed by atoms with Crippen LogP contribution in [-0.2, 0) is 5.41 Å². The van der Waals surface area contributed by atoms with Crippen LogP contribution in [0.1, 0.15) is 45.7 Å². The van der Waals surface area contributed by atoms with Crippen LogP contribution in [0.15, 0.2) is 121 Å². The second kappa shape index (κ2) is 9.03. The van der Waals surface area contributed by atoms with Gasteiger partial charge in [0.05, 0.1) is 0 Å². The van der Waals surface area contributed by atoms with E-state index in [-0.39, 0.29) is 11.0 Å². The van der Waals surface area contributed by atoms with E-state index in [0.29, 0.717) is 0 Å². The molecule has 0 atom stereocenters. The standard InChI is InChI=1S/C37H35N/c1-36(2,3)38(34-21-13-20-33-35(34)31-18-11-12-19-32(31)37(33,4)5)28-24-22-27(23-25-28)30-17-10-9-16-29(30)26-14-7-6-8-15-26/h6-25H,1-5H3. The molecule has 38 heavy (non-hydrogen) atoms. The van der Waals surface area contributed by atoms with E-state index < -0.39 is 0 Å². The molecule has 0 fully saturated rings. The van der Waals surface area contributed by atoms with Crippen molar-refractivity contribution in [3.05, 3.63) is 132 Å². The topological polar surface area (TPSA) is 3.24 Å². The maximum atomic E-state index is 2.51. The smallest absolute Gasteiger partial charge is 0.0498 e. The molecule has 0 bridgehead atoms. The Kier molecular flexibility index (Phi) is 5.76. The van der Waals surface area contributed by atoms with E-state index in [1.165, 1.54) is 55.9 Å². The Morgan fingerprint density at radius 1 is 0.500 bits per heavy atom. The zero-order chi connectivity index (χ0) is 26.5. The minimum absolute atomic E-state index is 0.0174. The lowest BCUT2D eigenvalue weighted by molar-refractivity contribution is 0.560. The highest BCUT2D eigenvalue weighted by atomic mass is 15.2. The van der Waals surface area contributed by atoms with Crippen LogP contribution in [0, 0.1) is 0 Å². The van der Waals surface area contributed by atoms with Crippen LogP contribution in [-0.4, -0.2) is 5.54 Å². The van der Waals surface area contributed by atoms with Crippen molar-refractivity contribution >= 4 is 11.4 Å². The van der Waals surface area contributed by atoms with Crippen molar-refractivity contribution in [3.63, 3.8) is 0 Å². The summed E-state index contributed by atoms with van der Waals surface area (Å²) in [6, 6.07) is 44.2. The SMILES string of the molecule is CC1(C)c2ccccc2-c2c(N(c3ccc(-c4ccccc4-c4ccccc4)cc3)C(C)(C)C)cccc21. The van der Waals surface area contributed by atoms with Crippen LogP contribution in [0.25, 0.3) is 33.4 Å². The van der Waals surface area contributed by atoms with Crippen molar-refractivity contribution in [2.45, 2.75) is 45.6 Å². The number of nitrogens with zero attached hydrogens (tertiary/aromatic N) is 1. The minimum atomic E-state index is -0.111. The van der Waals surface area contributed by atoms with Gasteiger partial charge in [-0.1, -0.05) is 117 Å². The predicted molar refractivity (Wildman–Crippen MR) is 163 cm³/mol. The number of fused-ring (bicyclic) bond motifs is 3. The van der Waals surface area contributed by atoms with Crippen molar-refractivity contribution in [1.82, 2.24) is 0 Å². The van der Waals surface area contributed by atoms with Crippen LogP contribution >= 0.6 is 0 Å². The fraction of sp³-hybridized carbons (Fsp3) is 0.189. The number of hydrogen-bond acceptors (Lipinski definition) is 1. The molecular weight excluding hydrogens is 458 g/mol. The first-order chi connectivity index (χ1) is 18.3. The maximum Gasteiger partial charge on any atom is 0.0498 e. The van der Waals surface area contributed by atoms with Gasteiger partial charge in [0.15, 0.2) is 0 Å². The highest BCUT2D eigenvalue weighted by Gasteiger charge is 2.38. The molecule has 1 heteroatoms. The van der Waals surface area contributed by atoms with Gasteiger partial charge in [-0.25, -0.2) is 0 Å². The third-order valence-corrected chi connectivity index (χ3v) is 7.95. The molecule has 0 unspecified atom stereocenters. The molecular formula is C37H35N. The zero-order valence-corrected chi connectivity index (χ0v) is 23.0. The van der Waals surface area contributed by atoms with Gasteiger partial charge in [-0.05, 0) is 77.9 Å². The molecule has 5 aromatic carbocycles. The van der Waals surface area contributed by atoms with E-state index in [0.717, 1.165) is 0 Å². The van der Waals surface area contributed by atoms with Gasteiger partial charge in [0.1, 0.15) is 0 Å². The summed E-state index contributed by atoms with van der Waals surface area (Å²) in [6.07, 6.45) is 0. The first kappa shape index (κ1) is 24.2. The highest BCUT2D eigenvalue weighted by Crippen LogP contribution is 2.53. The lowest BCUT2D eigenvalue weighted by Crippen LogP contribution is -2.38. The van der Waals surface area contributed by atoms with Crippen LogP contribution < -0.4 is 4.90 Å². The molecule has 1 aliphatic rings. The molecule has 1 aliphatic carbocycles. The van der Waals surface area contributed by atoms with E-state index in [1.54, 1.807) is 0 Å². The molecule has 0 saturated carbocycles. The fourth-order valence-electron chi connectivity index (χ4n) is 6.20. The van der Waals surface area contributed by atoms with Crippen molar-refractivity contribution < 1.29 is 0 Å². The van der Waals surface area contributed by atoms with Gasteiger partial charge in [-0.15, -0.1) is 0 Å². The third-order valence-electron chi connectivity index (χ3n) is 7.95. The van der Waals surface area contributed by atoms with Gasteiger partial charge < -0.3 is 4.90 Å². The van der Waals surface area contributed by atoms with Gasteiger partial charge in [-0.2, -0.15) is 0 Å². The van der Waals surface area contributed by atoms with E-state index in [4.69, 9.17) is 0 Å². The number of rotatable bonds is 4. The summed E-state index contributed by atoms with van der Waals surface area (Å²) in [5.74, 6) is 0. The van der Waals surface area contributed by atoms with E-state index in [2.05, 4.69) is 161 Å². The molecule has 1 nitrogen and oxygen atoms in total. The highest BCUT2D eigenvalue weighted by molar-refractivity contribution is 5.93. The lowest BCUT2D eigenvalue weighted by atomic mass is 9.82. The summed E-state index contributed by atoms with van der Waals surface area (Å²) in [5.41, 5.74) is 12.8. The Morgan fingerprint density at radius 2 is 1.03 bits per heavy atom. The van der Waals surface area contributed by atoms with Gasteiger partial charge in [0.25, 0.3) is 0 Å². The molecule has 0 amide bonds. The Labute approximate surface area is 227 Å². The molecule has 5 aromatic rings. The summed E-state index contributed by atoms with van der Waals surface area (Å²) in [4.78, 5) is 2.51. The number of hydrogen-bond donors (Lipinski definition) is 0. The second-order valence-electron chi connectivity index (χ2n) is 11.8. The second-order valence-corrected chi connectivity index (χ2v) is 11.8. The molecule has 0 N–H and O–H groups in total. The number of anilines is 2. The molecule has 0 aliphatic heterocycles. The molecule has 6 rings (SSSR count). The van der Waals surface area contributed by atoms with Crippen molar-refractivity contribution in [3.8, 4) is 33.4 Å². The summed E-state index contributed by atoms with van der Waals surface area (Å²) < 4.78 is 0. The van der Waals surface area contributed by atoms with Crippen LogP contribution in [0.2, 0.25) is 0 Å². The number of benzene rings is 5. The van der Waals surface area contributed by atoms with E-state index >= 15 is 0 Å². The quantitative estimate of drug-likeness (QED) is 0.241. The molecule has 0 spiro atoms. The van der Waals surface area contributed by atoms with Crippen LogP contribution in [0.3, 0.4) is 0 Å². The average molecular weight is 494 g/mol. The summed E-state index contributed by atoms with van der Waals surface area (Å²) >= 11 is 0. The van der Waals surface area contributed by atoms with Crippen molar-refractivity contribution in [2.24, 2.45) is 0 Å². The first-order valence-electron chi connectivity index (χ1n) is 13.6.